The molecule has 0 bridgehead atoms. The van der Waals surface area contributed by atoms with Gasteiger partial charge in [0.1, 0.15) is 5.75 Å². The third-order valence-corrected chi connectivity index (χ3v) is 3.19. The summed E-state index contributed by atoms with van der Waals surface area (Å²) in [6.07, 6.45) is 2.49. The highest BCUT2D eigenvalue weighted by atomic mass is 16.5. The van der Waals surface area contributed by atoms with Gasteiger partial charge in [-0.15, -0.1) is 0 Å². The summed E-state index contributed by atoms with van der Waals surface area (Å²) in [5.74, 6) is -1.71. The van der Waals surface area contributed by atoms with Crippen molar-refractivity contribution in [3.63, 3.8) is 0 Å². The van der Waals surface area contributed by atoms with E-state index in [9.17, 15) is 19.5 Å². The first-order chi connectivity index (χ1) is 11.4. The normalized spacial score (nSPS) is 10.3. The molecule has 0 aromatic heterocycles. The number of Topliss-reactive ketones (excluding diaryl/α,β-unsaturated/α-hetero) is 1. The first-order valence-corrected chi connectivity index (χ1v) is 8.24. The lowest BCUT2D eigenvalue weighted by Gasteiger charge is -2.13. The van der Waals surface area contributed by atoms with Crippen LogP contribution in [-0.4, -0.2) is 22.8 Å². The predicted octanol–water partition coefficient (Wildman–Crippen LogP) is 3.79. The molecule has 0 aliphatic heterocycles. The van der Waals surface area contributed by atoms with Crippen LogP contribution in [-0.2, 0) is 9.59 Å². The van der Waals surface area contributed by atoms with Gasteiger partial charge >= 0.3 is 11.9 Å². The molecular weight excluding hydrogens is 312 g/mol. The fourth-order valence-corrected chi connectivity index (χ4v) is 2.05. The molecule has 1 rings (SSSR count). The molecule has 6 heteroatoms. The molecule has 0 unspecified atom stereocenters. The lowest BCUT2D eigenvalue weighted by molar-refractivity contribution is -0.135. The minimum absolute atomic E-state index is 0.0142. The fraction of sp³-hybridized carbons (Fsp3) is 0.500. The molecule has 6 nitrogen and oxygen atoms in total. The molecule has 0 fully saturated rings. The number of ether oxygens (including phenoxy) is 2. The largest absolute Gasteiger partial charge is 0.504 e. The minimum Gasteiger partial charge on any atom is -0.504 e. The number of carbonyl (C=O) groups is 3. The number of benzene rings is 1. The van der Waals surface area contributed by atoms with E-state index in [-0.39, 0.29) is 47.9 Å². The molecule has 24 heavy (non-hydrogen) atoms. The maximum atomic E-state index is 12.3. The summed E-state index contributed by atoms with van der Waals surface area (Å²) in [4.78, 5) is 35.6. The highest BCUT2D eigenvalue weighted by Gasteiger charge is 2.20. The number of hydrogen-bond acceptors (Lipinski definition) is 6. The van der Waals surface area contributed by atoms with Crippen molar-refractivity contribution < 1.29 is 29.0 Å². The van der Waals surface area contributed by atoms with Crippen LogP contribution in [0.5, 0.6) is 17.2 Å². The second-order valence-electron chi connectivity index (χ2n) is 5.44. The van der Waals surface area contributed by atoms with E-state index >= 15 is 0 Å². The maximum absolute atomic E-state index is 12.3. The van der Waals surface area contributed by atoms with Crippen molar-refractivity contribution in [3.8, 4) is 17.2 Å². The molecule has 0 aliphatic carbocycles. The average Bonchev–Trinajstić information content (AvgIpc) is 2.50. The number of esters is 2. The van der Waals surface area contributed by atoms with E-state index in [0.29, 0.717) is 19.3 Å². The molecule has 132 valence electrons. The molecule has 0 atom stereocenters. The number of phenols is 1. The van der Waals surface area contributed by atoms with E-state index in [1.54, 1.807) is 0 Å². The van der Waals surface area contributed by atoms with Gasteiger partial charge in [-0.25, -0.2) is 0 Å². The zero-order chi connectivity index (χ0) is 18.1. The van der Waals surface area contributed by atoms with E-state index in [0.717, 1.165) is 6.07 Å². The van der Waals surface area contributed by atoms with Gasteiger partial charge < -0.3 is 14.6 Å². The Kier molecular flexibility index (Phi) is 7.95. The molecule has 1 aromatic carbocycles. The van der Waals surface area contributed by atoms with Gasteiger partial charge in [0, 0.05) is 25.3 Å². The van der Waals surface area contributed by atoms with E-state index in [1.165, 1.54) is 6.07 Å². The molecule has 0 saturated heterocycles. The van der Waals surface area contributed by atoms with E-state index in [2.05, 4.69) is 0 Å². The summed E-state index contributed by atoms with van der Waals surface area (Å²) in [7, 11) is 0. The van der Waals surface area contributed by atoms with Crippen molar-refractivity contribution in [1.29, 1.82) is 0 Å². The summed E-state index contributed by atoms with van der Waals surface area (Å²) in [5.41, 5.74) is 0.124. The molecular formula is C18H24O6. The van der Waals surface area contributed by atoms with Crippen LogP contribution in [0.15, 0.2) is 12.1 Å². The summed E-state index contributed by atoms with van der Waals surface area (Å²) in [6.45, 7) is 5.51. The van der Waals surface area contributed by atoms with Crippen LogP contribution in [0.2, 0.25) is 0 Å². The smallest absolute Gasteiger partial charge is 0.311 e. The first-order valence-electron chi connectivity index (χ1n) is 8.24. The van der Waals surface area contributed by atoms with Crippen LogP contribution in [0.1, 0.15) is 69.7 Å². The van der Waals surface area contributed by atoms with Crippen molar-refractivity contribution in [3.05, 3.63) is 17.7 Å². The molecule has 1 aromatic rings. The average molecular weight is 336 g/mol. The zero-order valence-electron chi connectivity index (χ0n) is 14.4. The Morgan fingerprint density at radius 2 is 1.33 bits per heavy atom. The second-order valence-corrected chi connectivity index (χ2v) is 5.44. The summed E-state index contributed by atoms with van der Waals surface area (Å²) >= 11 is 0. The van der Waals surface area contributed by atoms with Crippen LogP contribution < -0.4 is 9.47 Å². The Morgan fingerprint density at radius 1 is 0.833 bits per heavy atom. The predicted molar refractivity (Wildman–Crippen MR) is 88.4 cm³/mol. The SMILES string of the molecule is CCCC(=O)Oc1cc(C(=O)CCC)c(OC(=O)CCC)cc1O. The van der Waals surface area contributed by atoms with Gasteiger partial charge in [-0.2, -0.15) is 0 Å². The number of ketones is 1. The maximum Gasteiger partial charge on any atom is 0.311 e. The van der Waals surface area contributed by atoms with Crippen LogP contribution >= 0.6 is 0 Å². The Morgan fingerprint density at radius 3 is 1.83 bits per heavy atom. The third-order valence-electron chi connectivity index (χ3n) is 3.19. The number of carbonyl (C=O) groups excluding carboxylic acids is 3. The third kappa shape index (κ3) is 5.68. The zero-order valence-corrected chi connectivity index (χ0v) is 14.4. The van der Waals surface area contributed by atoms with Crippen LogP contribution in [0.25, 0.3) is 0 Å². The van der Waals surface area contributed by atoms with Gasteiger partial charge in [0.05, 0.1) is 5.56 Å². The highest BCUT2D eigenvalue weighted by Crippen LogP contribution is 2.35. The van der Waals surface area contributed by atoms with E-state index in [1.807, 2.05) is 20.8 Å². The second kappa shape index (κ2) is 9.70. The van der Waals surface area contributed by atoms with E-state index < -0.39 is 11.9 Å². The summed E-state index contributed by atoms with van der Waals surface area (Å²) < 4.78 is 10.3. The van der Waals surface area contributed by atoms with Gasteiger partial charge in [0.15, 0.2) is 17.3 Å². The number of aromatic hydroxyl groups is 1. The Bertz CT molecular complexity index is 606. The molecule has 0 saturated carbocycles. The van der Waals surface area contributed by atoms with E-state index in [4.69, 9.17) is 9.47 Å². The van der Waals surface area contributed by atoms with Crippen molar-refractivity contribution in [2.45, 2.75) is 59.3 Å². The van der Waals surface area contributed by atoms with Crippen molar-refractivity contribution in [2.75, 3.05) is 0 Å². The summed E-state index contributed by atoms with van der Waals surface area (Å²) in [5, 5.41) is 10.0. The monoisotopic (exact) mass is 336 g/mol. The van der Waals surface area contributed by atoms with Crippen molar-refractivity contribution in [2.24, 2.45) is 0 Å². The van der Waals surface area contributed by atoms with Gasteiger partial charge in [-0.05, 0) is 25.3 Å². The highest BCUT2D eigenvalue weighted by molar-refractivity contribution is 6.00. The lowest BCUT2D eigenvalue weighted by Crippen LogP contribution is -2.12. The molecule has 0 spiro atoms. The van der Waals surface area contributed by atoms with Crippen LogP contribution in [0.3, 0.4) is 0 Å². The Hall–Kier alpha value is -2.37. The Labute approximate surface area is 141 Å². The van der Waals surface area contributed by atoms with Gasteiger partial charge in [0.25, 0.3) is 0 Å². The molecule has 0 heterocycles. The molecule has 0 aliphatic rings. The molecule has 0 radical (unpaired) electrons. The van der Waals surface area contributed by atoms with Gasteiger partial charge in [0.2, 0.25) is 0 Å². The number of hydrogen-bond donors (Lipinski definition) is 1. The standard InChI is InChI=1S/C18H24O6/c1-4-7-13(19)12-10-16(24-18(22)9-6-3)14(20)11-15(12)23-17(21)8-5-2/h10-11,20H,4-9H2,1-3H3. The van der Waals surface area contributed by atoms with Gasteiger partial charge in [-0.1, -0.05) is 20.8 Å². The topological polar surface area (TPSA) is 89.9 Å². The van der Waals surface area contributed by atoms with Crippen molar-refractivity contribution >= 4 is 17.7 Å². The quantitative estimate of drug-likeness (QED) is 0.419. The molecule has 0 amide bonds. The van der Waals surface area contributed by atoms with Crippen LogP contribution in [0, 0.1) is 0 Å². The fourth-order valence-electron chi connectivity index (χ4n) is 2.05. The minimum atomic E-state index is -0.502. The first kappa shape index (κ1) is 19.7. The van der Waals surface area contributed by atoms with Gasteiger partial charge in [-0.3, -0.25) is 14.4 Å². The summed E-state index contributed by atoms with van der Waals surface area (Å²) in [6, 6.07) is 2.40. The molecule has 1 N–H and O–H groups in total. The Balaban J connectivity index is 3.18. The van der Waals surface area contributed by atoms with Crippen molar-refractivity contribution in [1.82, 2.24) is 0 Å². The number of rotatable bonds is 9. The number of phenolic OH excluding ortho intramolecular Hbond substituents is 1. The lowest BCUT2D eigenvalue weighted by atomic mass is 10.0. The van der Waals surface area contributed by atoms with Crippen LogP contribution in [0.4, 0.5) is 0 Å².